The molecule has 0 aliphatic heterocycles. The molecule has 0 saturated carbocycles. The Morgan fingerprint density at radius 3 is 2.89 bits per heavy atom. The smallest absolute Gasteiger partial charge is 0.104 e. The van der Waals surface area contributed by atoms with Crippen molar-refractivity contribution < 1.29 is 5.11 Å². The van der Waals surface area contributed by atoms with Crippen LogP contribution in [0.5, 0.6) is 0 Å². The average molecular weight is 259 g/mol. The van der Waals surface area contributed by atoms with Crippen LogP contribution in [-0.2, 0) is 13.5 Å². The minimum atomic E-state index is -0.591. The molecule has 2 heterocycles. The molecular formula is C13H13N3OS. The molecule has 1 unspecified atom stereocenters. The number of aryl methyl sites for hydroxylation is 1. The molecule has 0 fully saturated rings. The van der Waals surface area contributed by atoms with Gasteiger partial charge in [-0.1, -0.05) is 12.1 Å². The Hall–Kier alpha value is -1.72. The normalized spacial score (nSPS) is 13.0. The number of aliphatic hydroxyl groups is 1. The molecule has 1 N–H and O–H groups in total. The molecule has 5 heteroatoms. The highest BCUT2D eigenvalue weighted by atomic mass is 32.1. The van der Waals surface area contributed by atoms with Gasteiger partial charge < -0.3 is 5.11 Å². The van der Waals surface area contributed by atoms with Crippen molar-refractivity contribution in [2.45, 2.75) is 12.5 Å². The summed E-state index contributed by atoms with van der Waals surface area (Å²) in [6, 6.07) is 9.84. The summed E-state index contributed by atoms with van der Waals surface area (Å²) in [5.74, 6) is 0. The molecule has 3 rings (SSSR count). The number of thiazole rings is 1. The van der Waals surface area contributed by atoms with Gasteiger partial charge >= 0.3 is 0 Å². The van der Waals surface area contributed by atoms with Gasteiger partial charge in [0.15, 0.2) is 0 Å². The van der Waals surface area contributed by atoms with Crippen molar-refractivity contribution in [2.24, 2.45) is 7.05 Å². The molecule has 0 spiro atoms. The van der Waals surface area contributed by atoms with Crippen LogP contribution in [0.4, 0.5) is 0 Å². The Bertz CT molecular complexity index is 640. The molecule has 0 aliphatic rings. The van der Waals surface area contributed by atoms with Crippen molar-refractivity contribution in [2.75, 3.05) is 0 Å². The third-order valence-corrected chi connectivity index (χ3v) is 3.84. The van der Waals surface area contributed by atoms with Gasteiger partial charge in [0.05, 0.1) is 20.9 Å². The third kappa shape index (κ3) is 2.14. The van der Waals surface area contributed by atoms with E-state index in [-0.39, 0.29) is 0 Å². The van der Waals surface area contributed by atoms with E-state index in [1.165, 1.54) is 0 Å². The van der Waals surface area contributed by atoms with E-state index in [2.05, 4.69) is 10.1 Å². The standard InChI is InChI=1S/C13H13N3OS/c1-16-7-6-9(15-16)11(17)8-13-14-10-4-2-3-5-12(10)18-13/h2-7,11,17H,8H2,1H3. The molecule has 1 aromatic carbocycles. The highest BCUT2D eigenvalue weighted by Crippen LogP contribution is 2.25. The number of benzene rings is 1. The number of aliphatic hydroxyl groups excluding tert-OH is 1. The van der Waals surface area contributed by atoms with Crippen LogP contribution in [0.15, 0.2) is 36.5 Å². The van der Waals surface area contributed by atoms with Gasteiger partial charge in [-0.15, -0.1) is 11.3 Å². The summed E-state index contributed by atoms with van der Waals surface area (Å²) in [5, 5.41) is 15.2. The predicted octanol–water partition coefficient (Wildman–Crippen LogP) is 2.31. The Morgan fingerprint density at radius 2 is 2.17 bits per heavy atom. The van der Waals surface area contributed by atoms with E-state index in [9.17, 15) is 5.11 Å². The number of hydrogen-bond donors (Lipinski definition) is 1. The van der Waals surface area contributed by atoms with Crippen molar-refractivity contribution >= 4 is 21.6 Å². The number of rotatable bonds is 3. The van der Waals surface area contributed by atoms with Gasteiger partial charge in [0.25, 0.3) is 0 Å². The van der Waals surface area contributed by atoms with Crippen LogP contribution >= 0.6 is 11.3 Å². The van der Waals surface area contributed by atoms with Gasteiger partial charge in [-0.3, -0.25) is 4.68 Å². The quantitative estimate of drug-likeness (QED) is 0.785. The van der Waals surface area contributed by atoms with E-state index in [0.29, 0.717) is 12.1 Å². The minimum Gasteiger partial charge on any atom is -0.386 e. The molecule has 1 atom stereocenters. The summed E-state index contributed by atoms with van der Waals surface area (Å²) in [4.78, 5) is 4.51. The molecule has 18 heavy (non-hydrogen) atoms. The summed E-state index contributed by atoms with van der Waals surface area (Å²) in [6.45, 7) is 0. The van der Waals surface area contributed by atoms with E-state index < -0.39 is 6.10 Å². The number of nitrogens with zero attached hydrogens (tertiary/aromatic N) is 3. The lowest BCUT2D eigenvalue weighted by atomic mass is 10.2. The van der Waals surface area contributed by atoms with Crippen LogP contribution in [0.3, 0.4) is 0 Å². The zero-order valence-electron chi connectivity index (χ0n) is 9.95. The summed E-state index contributed by atoms with van der Waals surface area (Å²) in [5.41, 5.74) is 1.68. The first-order valence-electron chi connectivity index (χ1n) is 5.74. The molecule has 0 radical (unpaired) electrons. The van der Waals surface area contributed by atoms with Crippen LogP contribution in [0.1, 0.15) is 16.8 Å². The molecule has 0 bridgehead atoms. The maximum Gasteiger partial charge on any atom is 0.104 e. The monoisotopic (exact) mass is 259 g/mol. The SMILES string of the molecule is Cn1ccc(C(O)Cc2nc3ccccc3s2)n1. The van der Waals surface area contributed by atoms with Crippen molar-refractivity contribution in [1.29, 1.82) is 0 Å². The van der Waals surface area contributed by atoms with Gasteiger partial charge in [-0.25, -0.2) is 4.98 Å². The number of aromatic nitrogens is 3. The zero-order chi connectivity index (χ0) is 12.5. The summed E-state index contributed by atoms with van der Waals surface area (Å²) >= 11 is 1.62. The first kappa shape index (κ1) is 11.4. The summed E-state index contributed by atoms with van der Waals surface area (Å²) in [6.07, 6.45) is 1.75. The second-order valence-electron chi connectivity index (χ2n) is 4.21. The van der Waals surface area contributed by atoms with Crippen molar-refractivity contribution in [3.8, 4) is 0 Å². The Balaban J connectivity index is 1.83. The summed E-state index contributed by atoms with van der Waals surface area (Å²) < 4.78 is 2.84. The van der Waals surface area contributed by atoms with E-state index in [1.807, 2.05) is 43.6 Å². The molecule has 0 saturated heterocycles. The number of hydrogen-bond acceptors (Lipinski definition) is 4. The van der Waals surface area contributed by atoms with E-state index in [1.54, 1.807) is 16.0 Å². The Labute approximate surface area is 109 Å². The maximum atomic E-state index is 10.1. The van der Waals surface area contributed by atoms with Crippen LogP contribution < -0.4 is 0 Å². The first-order chi connectivity index (χ1) is 8.72. The molecule has 0 amide bonds. The average Bonchev–Trinajstić information content (AvgIpc) is 2.94. The fourth-order valence-corrected chi connectivity index (χ4v) is 2.89. The van der Waals surface area contributed by atoms with E-state index >= 15 is 0 Å². The second-order valence-corrected chi connectivity index (χ2v) is 5.32. The molecule has 0 aliphatic carbocycles. The lowest BCUT2D eigenvalue weighted by Gasteiger charge is -2.04. The van der Waals surface area contributed by atoms with Crippen molar-refractivity contribution in [1.82, 2.24) is 14.8 Å². The lowest BCUT2D eigenvalue weighted by Crippen LogP contribution is -2.03. The summed E-state index contributed by atoms with van der Waals surface area (Å²) in [7, 11) is 1.84. The molecule has 4 nitrogen and oxygen atoms in total. The van der Waals surface area contributed by atoms with Gasteiger partial charge in [-0.2, -0.15) is 5.10 Å². The topological polar surface area (TPSA) is 50.9 Å². The van der Waals surface area contributed by atoms with Crippen LogP contribution in [0, 0.1) is 0 Å². The van der Waals surface area contributed by atoms with Crippen LogP contribution in [-0.4, -0.2) is 19.9 Å². The lowest BCUT2D eigenvalue weighted by molar-refractivity contribution is 0.172. The third-order valence-electron chi connectivity index (χ3n) is 2.78. The van der Waals surface area contributed by atoms with Crippen molar-refractivity contribution in [3.05, 3.63) is 47.2 Å². The number of fused-ring (bicyclic) bond motifs is 1. The fraction of sp³-hybridized carbons (Fsp3) is 0.231. The van der Waals surface area contributed by atoms with Crippen LogP contribution in [0.2, 0.25) is 0 Å². The number of para-hydroxylation sites is 1. The minimum absolute atomic E-state index is 0.510. The fourth-order valence-electron chi connectivity index (χ4n) is 1.89. The van der Waals surface area contributed by atoms with Gasteiger partial charge in [-0.05, 0) is 18.2 Å². The van der Waals surface area contributed by atoms with E-state index in [4.69, 9.17) is 0 Å². The predicted molar refractivity (Wildman–Crippen MR) is 71.5 cm³/mol. The second kappa shape index (κ2) is 4.51. The molecule has 3 aromatic rings. The van der Waals surface area contributed by atoms with Gasteiger partial charge in [0.1, 0.15) is 6.10 Å². The molecule has 2 aromatic heterocycles. The highest BCUT2D eigenvalue weighted by molar-refractivity contribution is 7.18. The van der Waals surface area contributed by atoms with E-state index in [0.717, 1.165) is 15.2 Å². The molecular weight excluding hydrogens is 246 g/mol. The van der Waals surface area contributed by atoms with Gasteiger partial charge in [0, 0.05) is 19.7 Å². The zero-order valence-corrected chi connectivity index (χ0v) is 10.8. The largest absolute Gasteiger partial charge is 0.386 e. The highest BCUT2D eigenvalue weighted by Gasteiger charge is 2.14. The maximum absolute atomic E-state index is 10.1. The first-order valence-corrected chi connectivity index (χ1v) is 6.56. The Morgan fingerprint density at radius 1 is 1.33 bits per heavy atom. The Kier molecular flexibility index (Phi) is 2.85. The van der Waals surface area contributed by atoms with Crippen LogP contribution in [0.25, 0.3) is 10.2 Å². The molecule has 92 valence electrons. The van der Waals surface area contributed by atoms with Gasteiger partial charge in [0.2, 0.25) is 0 Å². The van der Waals surface area contributed by atoms with Crippen molar-refractivity contribution in [3.63, 3.8) is 0 Å².